The number of benzene rings is 1. The molecule has 1 unspecified atom stereocenters. The van der Waals surface area contributed by atoms with Gasteiger partial charge in [0, 0.05) is 37.1 Å². The number of amides is 2. The van der Waals surface area contributed by atoms with Crippen molar-refractivity contribution in [3.63, 3.8) is 0 Å². The molecular formula is C29H45FN4O2. The number of hydrogen-bond acceptors (Lipinski definition) is 4. The molecule has 0 spiro atoms. The number of hydrogen-bond donors (Lipinski definition) is 3. The van der Waals surface area contributed by atoms with Gasteiger partial charge in [0.05, 0.1) is 6.04 Å². The van der Waals surface area contributed by atoms with Gasteiger partial charge in [0.2, 0.25) is 11.8 Å². The summed E-state index contributed by atoms with van der Waals surface area (Å²) >= 11 is 0. The highest BCUT2D eigenvalue weighted by molar-refractivity contribution is 5.82. The molecule has 3 aliphatic rings. The Kier molecular flexibility index (Phi) is 9.40. The zero-order valence-electron chi connectivity index (χ0n) is 22.2. The SMILES string of the molecule is CC(C)C(=O)NC1(C2CCCCC2)CCN(C(=O)[C@@H](Cc2ccc(F)cc2)NCC2CCCN2)CC1. The number of nitrogens with zero attached hydrogens (tertiary/aromatic N) is 1. The fraction of sp³-hybridized carbons (Fsp3) is 0.724. The standard InChI is InChI=1S/C29H45FN4O2/c1-21(2)27(35)33-29(23-7-4-3-5-8-23)14-17-34(18-15-29)28(36)26(32-20-25-9-6-16-31-25)19-22-10-12-24(30)13-11-22/h10-13,21,23,25-26,31-32H,3-9,14-20H2,1-2H3,(H,33,35)/t25?,26-/m1/s1. The van der Waals surface area contributed by atoms with Crippen LogP contribution in [0, 0.1) is 17.7 Å². The van der Waals surface area contributed by atoms with Crippen LogP contribution >= 0.6 is 0 Å². The van der Waals surface area contributed by atoms with Crippen molar-refractivity contribution in [2.24, 2.45) is 11.8 Å². The number of likely N-dealkylation sites (tertiary alicyclic amines) is 1. The third-order valence-electron chi connectivity index (χ3n) is 8.67. The van der Waals surface area contributed by atoms with Crippen LogP contribution in [0.5, 0.6) is 0 Å². The van der Waals surface area contributed by atoms with Gasteiger partial charge < -0.3 is 20.9 Å². The first-order valence-corrected chi connectivity index (χ1v) is 14.2. The molecule has 1 aliphatic carbocycles. The third-order valence-corrected chi connectivity index (χ3v) is 8.67. The van der Waals surface area contributed by atoms with Crippen LogP contribution in [-0.2, 0) is 16.0 Å². The van der Waals surface area contributed by atoms with Gasteiger partial charge in [-0.3, -0.25) is 9.59 Å². The summed E-state index contributed by atoms with van der Waals surface area (Å²) in [6.07, 6.45) is 10.5. The Bertz CT molecular complexity index is 855. The molecule has 0 bridgehead atoms. The van der Waals surface area contributed by atoms with Gasteiger partial charge in [-0.2, -0.15) is 0 Å². The van der Waals surface area contributed by atoms with Crippen LogP contribution in [0.25, 0.3) is 0 Å². The molecule has 3 N–H and O–H groups in total. The Morgan fingerprint density at radius 1 is 1.06 bits per heavy atom. The Labute approximate surface area is 216 Å². The second-order valence-electron chi connectivity index (χ2n) is 11.5. The lowest BCUT2D eigenvalue weighted by Crippen LogP contribution is -2.62. The lowest BCUT2D eigenvalue weighted by Gasteiger charge is -2.49. The summed E-state index contributed by atoms with van der Waals surface area (Å²) in [4.78, 5) is 28.6. The smallest absolute Gasteiger partial charge is 0.240 e. The molecule has 2 saturated heterocycles. The first-order chi connectivity index (χ1) is 17.4. The zero-order chi connectivity index (χ0) is 25.5. The quantitative estimate of drug-likeness (QED) is 0.482. The van der Waals surface area contributed by atoms with Crippen LogP contribution in [0.4, 0.5) is 4.39 Å². The predicted octanol–water partition coefficient (Wildman–Crippen LogP) is 3.79. The molecular weight excluding hydrogens is 455 g/mol. The van der Waals surface area contributed by atoms with Gasteiger partial charge in [0.15, 0.2) is 0 Å². The van der Waals surface area contributed by atoms with Gasteiger partial charge in [-0.05, 0) is 75.1 Å². The molecule has 0 radical (unpaired) electrons. The van der Waals surface area contributed by atoms with E-state index >= 15 is 0 Å². The minimum atomic E-state index is -0.342. The number of carbonyl (C=O) groups excluding carboxylic acids is 2. The van der Waals surface area contributed by atoms with Crippen molar-refractivity contribution >= 4 is 11.8 Å². The van der Waals surface area contributed by atoms with Crippen LogP contribution in [-0.4, -0.2) is 60.5 Å². The van der Waals surface area contributed by atoms with E-state index < -0.39 is 0 Å². The van der Waals surface area contributed by atoms with Crippen LogP contribution in [0.2, 0.25) is 0 Å². The Morgan fingerprint density at radius 2 is 1.75 bits per heavy atom. The van der Waals surface area contributed by atoms with Crippen molar-refractivity contribution in [3.05, 3.63) is 35.6 Å². The van der Waals surface area contributed by atoms with Gasteiger partial charge in [-0.25, -0.2) is 4.39 Å². The monoisotopic (exact) mass is 500 g/mol. The average molecular weight is 501 g/mol. The number of rotatable bonds is 9. The fourth-order valence-corrected chi connectivity index (χ4v) is 6.35. The summed E-state index contributed by atoms with van der Waals surface area (Å²) < 4.78 is 13.5. The van der Waals surface area contributed by atoms with Gasteiger partial charge >= 0.3 is 0 Å². The van der Waals surface area contributed by atoms with Crippen LogP contribution in [0.1, 0.15) is 77.2 Å². The first kappa shape index (κ1) is 27.1. The molecule has 1 aromatic rings. The van der Waals surface area contributed by atoms with Crippen LogP contribution in [0.3, 0.4) is 0 Å². The molecule has 36 heavy (non-hydrogen) atoms. The summed E-state index contributed by atoms with van der Waals surface area (Å²) in [6.45, 7) is 7.01. The largest absolute Gasteiger partial charge is 0.350 e. The molecule has 6 nitrogen and oxygen atoms in total. The number of piperidine rings is 1. The van der Waals surface area contributed by atoms with Crippen LogP contribution in [0.15, 0.2) is 24.3 Å². The van der Waals surface area contributed by atoms with Gasteiger partial charge in [0.1, 0.15) is 5.82 Å². The normalized spacial score (nSPS) is 23.6. The van der Waals surface area contributed by atoms with E-state index in [1.54, 1.807) is 12.1 Å². The van der Waals surface area contributed by atoms with Crippen molar-refractivity contribution in [1.82, 2.24) is 20.9 Å². The van der Waals surface area contributed by atoms with Gasteiger partial charge in [-0.15, -0.1) is 0 Å². The molecule has 4 rings (SSSR count). The molecule has 200 valence electrons. The maximum absolute atomic E-state index is 13.8. The van der Waals surface area contributed by atoms with Crippen molar-refractivity contribution < 1.29 is 14.0 Å². The van der Waals surface area contributed by atoms with Crippen molar-refractivity contribution in [1.29, 1.82) is 0 Å². The molecule has 0 aromatic heterocycles. The molecule has 7 heteroatoms. The third kappa shape index (κ3) is 6.86. The molecule has 2 amide bonds. The van der Waals surface area contributed by atoms with Gasteiger partial charge in [-0.1, -0.05) is 45.2 Å². The topological polar surface area (TPSA) is 73.5 Å². The highest BCUT2D eigenvalue weighted by Crippen LogP contribution is 2.39. The summed E-state index contributed by atoms with van der Waals surface area (Å²) in [6, 6.07) is 6.52. The molecule has 2 aliphatic heterocycles. The Hall–Kier alpha value is -1.99. The zero-order valence-corrected chi connectivity index (χ0v) is 22.2. The van der Waals surface area contributed by atoms with E-state index in [-0.39, 0.29) is 35.1 Å². The lowest BCUT2D eigenvalue weighted by atomic mass is 9.69. The maximum Gasteiger partial charge on any atom is 0.240 e. The first-order valence-electron chi connectivity index (χ1n) is 14.2. The van der Waals surface area contributed by atoms with E-state index in [2.05, 4.69) is 16.0 Å². The minimum absolute atomic E-state index is 0.0430. The van der Waals surface area contributed by atoms with E-state index in [9.17, 15) is 14.0 Å². The van der Waals surface area contributed by atoms with E-state index in [4.69, 9.17) is 0 Å². The van der Waals surface area contributed by atoms with Crippen molar-refractivity contribution in [2.45, 2.75) is 95.7 Å². The maximum atomic E-state index is 13.8. The lowest BCUT2D eigenvalue weighted by molar-refractivity contribution is -0.136. The second kappa shape index (κ2) is 12.5. The average Bonchev–Trinajstić information content (AvgIpc) is 3.42. The molecule has 1 saturated carbocycles. The summed E-state index contributed by atoms with van der Waals surface area (Å²) in [5, 5.41) is 10.5. The number of halogens is 1. The van der Waals surface area contributed by atoms with E-state index in [0.717, 1.165) is 50.8 Å². The molecule has 2 heterocycles. The Morgan fingerprint density at radius 3 is 2.36 bits per heavy atom. The second-order valence-corrected chi connectivity index (χ2v) is 11.5. The molecule has 2 atom stereocenters. The fourth-order valence-electron chi connectivity index (χ4n) is 6.35. The van der Waals surface area contributed by atoms with Crippen molar-refractivity contribution in [2.75, 3.05) is 26.2 Å². The minimum Gasteiger partial charge on any atom is -0.350 e. The molecule has 1 aromatic carbocycles. The van der Waals surface area contributed by atoms with Gasteiger partial charge in [0.25, 0.3) is 0 Å². The summed E-state index contributed by atoms with van der Waals surface area (Å²) in [5.74, 6) is 0.430. The number of carbonyl (C=O) groups is 2. The Balaban J connectivity index is 1.44. The van der Waals surface area contributed by atoms with E-state index in [0.29, 0.717) is 31.5 Å². The van der Waals surface area contributed by atoms with E-state index in [1.807, 2.05) is 18.7 Å². The summed E-state index contributed by atoms with van der Waals surface area (Å²) in [5.41, 5.74) is 0.756. The number of nitrogens with one attached hydrogen (secondary N) is 3. The molecule has 3 fully saturated rings. The predicted molar refractivity (Wildman–Crippen MR) is 141 cm³/mol. The van der Waals surface area contributed by atoms with E-state index in [1.165, 1.54) is 37.8 Å². The highest BCUT2D eigenvalue weighted by atomic mass is 19.1. The summed E-state index contributed by atoms with van der Waals surface area (Å²) in [7, 11) is 0. The van der Waals surface area contributed by atoms with Crippen molar-refractivity contribution in [3.8, 4) is 0 Å². The highest BCUT2D eigenvalue weighted by Gasteiger charge is 2.44. The van der Waals surface area contributed by atoms with Crippen LogP contribution < -0.4 is 16.0 Å².